The lowest BCUT2D eigenvalue weighted by atomic mass is 9.92. The zero-order valence-corrected chi connectivity index (χ0v) is 12.6. The van der Waals surface area contributed by atoms with Crippen LogP contribution < -0.4 is 5.32 Å². The summed E-state index contributed by atoms with van der Waals surface area (Å²) in [5.41, 5.74) is 0.0725. The van der Waals surface area contributed by atoms with Gasteiger partial charge >= 0.3 is 0 Å². The Hall–Kier alpha value is -0.610. The average molecular weight is 268 g/mol. The van der Waals surface area contributed by atoms with Gasteiger partial charge in [0.05, 0.1) is 0 Å². The van der Waals surface area contributed by atoms with Crippen LogP contribution >= 0.6 is 0 Å². The molecule has 0 aromatic rings. The number of carbonyl (C=O) groups is 1. The van der Waals surface area contributed by atoms with Gasteiger partial charge in [-0.1, -0.05) is 20.8 Å². The molecule has 110 valence electrons. The van der Waals surface area contributed by atoms with Crippen molar-refractivity contribution >= 4 is 5.91 Å². The second-order valence-electron chi connectivity index (χ2n) is 7.13. The maximum atomic E-state index is 11.9. The van der Waals surface area contributed by atoms with E-state index in [-0.39, 0.29) is 11.3 Å². The highest BCUT2D eigenvalue weighted by Gasteiger charge is 2.30. The molecule has 2 aliphatic rings. The number of rotatable bonds is 3. The molecule has 0 spiro atoms. The highest BCUT2D eigenvalue weighted by Crippen LogP contribution is 2.21. The number of ether oxygens (including phenoxy) is 1. The van der Waals surface area contributed by atoms with Crippen LogP contribution in [0, 0.1) is 5.41 Å². The van der Waals surface area contributed by atoms with Gasteiger partial charge < -0.3 is 10.1 Å². The molecule has 0 aliphatic carbocycles. The number of likely N-dealkylation sites (tertiary alicyclic amines) is 1. The van der Waals surface area contributed by atoms with E-state index < -0.39 is 0 Å². The first-order valence-corrected chi connectivity index (χ1v) is 7.55. The van der Waals surface area contributed by atoms with Crippen LogP contribution in [0.25, 0.3) is 0 Å². The first kappa shape index (κ1) is 14.8. The molecule has 0 radical (unpaired) electrons. The second-order valence-corrected chi connectivity index (χ2v) is 7.13. The maximum absolute atomic E-state index is 11.9. The number of hydrogen-bond donors (Lipinski definition) is 1. The van der Waals surface area contributed by atoms with Crippen molar-refractivity contribution in [3.63, 3.8) is 0 Å². The summed E-state index contributed by atoms with van der Waals surface area (Å²) >= 11 is 0. The average Bonchev–Trinajstić information content (AvgIpc) is 2.76. The molecule has 0 aromatic heterocycles. The van der Waals surface area contributed by atoms with Crippen LogP contribution in [0.3, 0.4) is 0 Å². The van der Waals surface area contributed by atoms with Crippen LogP contribution in [-0.4, -0.2) is 49.2 Å². The van der Waals surface area contributed by atoms with Crippen LogP contribution in [0.4, 0.5) is 0 Å². The summed E-state index contributed by atoms with van der Waals surface area (Å²) in [6.07, 6.45) is 3.99. The summed E-state index contributed by atoms with van der Waals surface area (Å²) in [5, 5.41) is 3.19. The summed E-state index contributed by atoms with van der Waals surface area (Å²) in [6.45, 7) is 10.2. The molecular weight excluding hydrogens is 240 g/mol. The SMILES string of the molecule is CC(C)(C)CC(=O)NC1CCN(C2CCOCC2)C1. The van der Waals surface area contributed by atoms with E-state index >= 15 is 0 Å². The summed E-state index contributed by atoms with van der Waals surface area (Å²) in [4.78, 5) is 14.5. The Morgan fingerprint density at radius 1 is 1.26 bits per heavy atom. The lowest BCUT2D eigenvalue weighted by Crippen LogP contribution is -2.42. The zero-order chi connectivity index (χ0) is 13.9. The molecule has 0 bridgehead atoms. The molecule has 2 saturated heterocycles. The molecule has 1 unspecified atom stereocenters. The number of carbonyl (C=O) groups excluding carboxylic acids is 1. The molecule has 0 saturated carbocycles. The van der Waals surface area contributed by atoms with Gasteiger partial charge in [-0.15, -0.1) is 0 Å². The van der Waals surface area contributed by atoms with Gasteiger partial charge in [0.15, 0.2) is 0 Å². The third-order valence-electron chi connectivity index (χ3n) is 3.98. The van der Waals surface area contributed by atoms with Crippen molar-refractivity contribution in [2.75, 3.05) is 26.3 Å². The van der Waals surface area contributed by atoms with Crippen LogP contribution in [0.5, 0.6) is 0 Å². The Labute approximate surface area is 116 Å². The molecule has 4 heteroatoms. The third-order valence-corrected chi connectivity index (χ3v) is 3.98. The lowest BCUT2D eigenvalue weighted by molar-refractivity contribution is -0.123. The van der Waals surface area contributed by atoms with Crippen molar-refractivity contribution < 1.29 is 9.53 Å². The van der Waals surface area contributed by atoms with Crippen molar-refractivity contribution in [2.45, 2.75) is 58.5 Å². The normalized spacial score (nSPS) is 26.6. The number of nitrogens with zero attached hydrogens (tertiary/aromatic N) is 1. The van der Waals surface area contributed by atoms with E-state index in [0.717, 1.165) is 45.6 Å². The summed E-state index contributed by atoms with van der Waals surface area (Å²) < 4.78 is 5.41. The summed E-state index contributed by atoms with van der Waals surface area (Å²) in [7, 11) is 0. The van der Waals surface area contributed by atoms with Crippen LogP contribution in [0.15, 0.2) is 0 Å². The highest BCUT2D eigenvalue weighted by atomic mass is 16.5. The molecule has 1 N–H and O–H groups in total. The quantitative estimate of drug-likeness (QED) is 0.848. The minimum absolute atomic E-state index is 0.0725. The fourth-order valence-corrected chi connectivity index (χ4v) is 3.05. The van der Waals surface area contributed by atoms with Gasteiger partial charge in [-0.25, -0.2) is 0 Å². The fourth-order valence-electron chi connectivity index (χ4n) is 3.05. The molecule has 2 fully saturated rings. The topological polar surface area (TPSA) is 41.6 Å². The summed E-state index contributed by atoms with van der Waals surface area (Å²) in [6, 6.07) is 1.01. The van der Waals surface area contributed by atoms with E-state index in [0.29, 0.717) is 18.5 Å². The Morgan fingerprint density at radius 2 is 1.95 bits per heavy atom. The minimum Gasteiger partial charge on any atom is -0.381 e. The smallest absolute Gasteiger partial charge is 0.220 e. The Kier molecular flexibility index (Phi) is 4.85. The van der Waals surface area contributed by atoms with E-state index in [2.05, 4.69) is 31.0 Å². The van der Waals surface area contributed by atoms with Crippen molar-refractivity contribution in [1.29, 1.82) is 0 Å². The molecular formula is C15H28N2O2. The van der Waals surface area contributed by atoms with Crippen molar-refractivity contribution in [3.05, 3.63) is 0 Å². The number of hydrogen-bond acceptors (Lipinski definition) is 3. The van der Waals surface area contributed by atoms with Gasteiger partial charge in [-0.2, -0.15) is 0 Å². The first-order chi connectivity index (χ1) is 8.94. The zero-order valence-electron chi connectivity index (χ0n) is 12.6. The molecule has 19 heavy (non-hydrogen) atoms. The van der Waals surface area contributed by atoms with E-state index in [1.165, 1.54) is 0 Å². The van der Waals surface area contributed by atoms with Gasteiger partial charge in [-0.05, 0) is 24.7 Å². The van der Waals surface area contributed by atoms with Gasteiger partial charge in [0.2, 0.25) is 5.91 Å². The van der Waals surface area contributed by atoms with Crippen molar-refractivity contribution in [1.82, 2.24) is 10.2 Å². The van der Waals surface area contributed by atoms with Gasteiger partial charge in [-0.3, -0.25) is 9.69 Å². The van der Waals surface area contributed by atoms with Crippen molar-refractivity contribution in [2.24, 2.45) is 5.41 Å². The lowest BCUT2D eigenvalue weighted by Gasteiger charge is -2.31. The van der Waals surface area contributed by atoms with E-state index in [1.54, 1.807) is 0 Å². The van der Waals surface area contributed by atoms with E-state index in [4.69, 9.17) is 4.74 Å². The number of nitrogens with one attached hydrogen (secondary N) is 1. The Balaban J connectivity index is 1.74. The van der Waals surface area contributed by atoms with E-state index in [1.807, 2.05) is 0 Å². The third kappa shape index (κ3) is 4.77. The monoisotopic (exact) mass is 268 g/mol. The van der Waals surface area contributed by atoms with Crippen LogP contribution in [0.2, 0.25) is 0 Å². The first-order valence-electron chi connectivity index (χ1n) is 7.55. The predicted octanol–water partition coefficient (Wildman–Crippen LogP) is 1.79. The molecule has 2 rings (SSSR count). The Morgan fingerprint density at radius 3 is 2.58 bits per heavy atom. The summed E-state index contributed by atoms with van der Waals surface area (Å²) in [5.74, 6) is 0.200. The predicted molar refractivity (Wildman–Crippen MR) is 76.0 cm³/mol. The highest BCUT2D eigenvalue weighted by molar-refractivity contribution is 5.76. The van der Waals surface area contributed by atoms with E-state index in [9.17, 15) is 4.79 Å². The molecule has 2 aliphatic heterocycles. The maximum Gasteiger partial charge on any atom is 0.220 e. The molecule has 0 aromatic carbocycles. The Bertz CT molecular complexity index is 306. The fraction of sp³-hybridized carbons (Fsp3) is 0.933. The van der Waals surface area contributed by atoms with Gasteiger partial charge in [0.1, 0.15) is 0 Å². The number of amides is 1. The van der Waals surface area contributed by atoms with Crippen LogP contribution in [0.1, 0.15) is 46.5 Å². The van der Waals surface area contributed by atoms with Gasteiger partial charge in [0.25, 0.3) is 0 Å². The van der Waals surface area contributed by atoms with Gasteiger partial charge in [0, 0.05) is 44.8 Å². The molecule has 1 amide bonds. The standard InChI is InChI=1S/C15H28N2O2/c1-15(2,3)10-14(18)16-12-4-7-17(11-12)13-5-8-19-9-6-13/h12-13H,4-11H2,1-3H3,(H,16,18). The minimum atomic E-state index is 0.0725. The largest absolute Gasteiger partial charge is 0.381 e. The van der Waals surface area contributed by atoms with Crippen LogP contribution in [-0.2, 0) is 9.53 Å². The second kappa shape index (κ2) is 6.23. The molecule has 1 atom stereocenters. The molecule has 4 nitrogen and oxygen atoms in total. The molecule has 2 heterocycles. The van der Waals surface area contributed by atoms with Crippen molar-refractivity contribution in [3.8, 4) is 0 Å².